The summed E-state index contributed by atoms with van der Waals surface area (Å²) in [5.41, 5.74) is -0.381. The molecular formula is C12H10F3NO4. The molecule has 8 heteroatoms. The van der Waals surface area contributed by atoms with E-state index in [1.165, 1.54) is 6.07 Å². The number of rotatable bonds is 4. The number of aromatic hydroxyl groups is 1. The van der Waals surface area contributed by atoms with Gasteiger partial charge >= 0.3 is 12.3 Å². The summed E-state index contributed by atoms with van der Waals surface area (Å²) < 4.78 is 44.6. The van der Waals surface area contributed by atoms with Crippen LogP contribution in [0.15, 0.2) is 12.1 Å². The fourth-order valence-electron chi connectivity index (χ4n) is 1.46. The van der Waals surface area contributed by atoms with Crippen molar-refractivity contribution in [2.24, 2.45) is 0 Å². The van der Waals surface area contributed by atoms with Crippen LogP contribution in [0.4, 0.5) is 13.2 Å². The van der Waals surface area contributed by atoms with Gasteiger partial charge in [0.05, 0.1) is 18.6 Å². The Kier molecular flexibility index (Phi) is 4.80. The average molecular weight is 289 g/mol. The van der Waals surface area contributed by atoms with Crippen molar-refractivity contribution in [3.05, 3.63) is 23.3 Å². The molecule has 0 fully saturated rings. The molecule has 1 rings (SSSR count). The highest BCUT2D eigenvalue weighted by molar-refractivity contribution is 5.73. The monoisotopic (exact) mass is 289 g/mol. The first-order chi connectivity index (χ1) is 9.26. The number of phenolic OH excluding ortho intramolecular Hbond substituents is 1. The van der Waals surface area contributed by atoms with Gasteiger partial charge in [0.2, 0.25) is 0 Å². The van der Waals surface area contributed by atoms with Crippen molar-refractivity contribution in [3.8, 4) is 17.6 Å². The molecule has 5 nitrogen and oxygen atoms in total. The van der Waals surface area contributed by atoms with Crippen LogP contribution in [0.5, 0.6) is 11.5 Å². The molecule has 0 amide bonds. The van der Waals surface area contributed by atoms with Crippen LogP contribution in [-0.4, -0.2) is 24.0 Å². The fourth-order valence-corrected chi connectivity index (χ4v) is 1.46. The molecule has 20 heavy (non-hydrogen) atoms. The Morgan fingerprint density at radius 3 is 2.60 bits per heavy atom. The number of ether oxygens (including phenoxy) is 2. The van der Waals surface area contributed by atoms with Gasteiger partial charge < -0.3 is 14.6 Å². The van der Waals surface area contributed by atoms with Crippen molar-refractivity contribution >= 4 is 5.97 Å². The van der Waals surface area contributed by atoms with E-state index in [2.05, 4.69) is 9.47 Å². The maximum atomic E-state index is 12.1. The van der Waals surface area contributed by atoms with E-state index in [1.54, 1.807) is 6.92 Å². The lowest BCUT2D eigenvalue weighted by atomic mass is 10.1. The SMILES string of the molecule is CCOC(=O)Cc1cc(O)c(OC(F)(F)F)c(C#N)c1. The van der Waals surface area contributed by atoms with Gasteiger partial charge in [-0.25, -0.2) is 0 Å². The van der Waals surface area contributed by atoms with Crippen molar-refractivity contribution in [2.75, 3.05) is 6.61 Å². The zero-order chi connectivity index (χ0) is 15.3. The summed E-state index contributed by atoms with van der Waals surface area (Å²) in [6.45, 7) is 1.74. The minimum absolute atomic E-state index is 0.144. The summed E-state index contributed by atoms with van der Waals surface area (Å²) in [6, 6.07) is 3.41. The topological polar surface area (TPSA) is 79.6 Å². The maximum absolute atomic E-state index is 12.1. The van der Waals surface area contributed by atoms with Gasteiger partial charge in [-0.3, -0.25) is 4.79 Å². The normalized spacial score (nSPS) is 10.8. The Hall–Kier alpha value is -2.43. The Bertz CT molecular complexity index is 549. The van der Waals surface area contributed by atoms with E-state index in [0.29, 0.717) is 0 Å². The van der Waals surface area contributed by atoms with Gasteiger partial charge in [0.1, 0.15) is 6.07 Å². The lowest BCUT2D eigenvalue weighted by Gasteiger charge is -2.13. The van der Waals surface area contributed by atoms with Crippen LogP contribution in [0.3, 0.4) is 0 Å². The first-order valence-electron chi connectivity index (χ1n) is 5.44. The molecule has 0 radical (unpaired) electrons. The first-order valence-corrected chi connectivity index (χ1v) is 5.44. The lowest BCUT2D eigenvalue weighted by molar-refractivity contribution is -0.275. The number of benzene rings is 1. The second kappa shape index (κ2) is 6.14. The minimum atomic E-state index is -5.04. The Morgan fingerprint density at radius 1 is 1.45 bits per heavy atom. The van der Waals surface area contributed by atoms with Crippen LogP contribution in [0, 0.1) is 11.3 Å². The third kappa shape index (κ3) is 4.35. The van der Waals surface area contributed by atoms with Crippen LogP contribution in [0.2, 0.25) is 0 Å². The number of nitriles is 1. The predicted molar refractivity (Wildman–Crippen MR) is 59.8 cm³/mol. The molecule has 0 aromatic heterocycles. The fraction of sp³-hybridized carbons (Fsp3) is 0.333. The molecular weight excluding hydrogens is 279 g/mol. The quantitative estimate of drug-likeness (QED) is 0.860. The molecule has 0 spiro atoms. The van der Waals surface area contributed by atoms with Crippen LogP contribution in [0.25, 0.3) is 0 Å². The van der Waals surface area contributed by atoms with E-state index < -0.39 is 29.4 Å². The third-order valence-corrected chi connectivity index (χ3v) is 2.12. The number of hydrogen-bond donors (Lipinski definition) is 1. The van der Waals surface area contributed by atoms with Gasteiger partial charge in [-0.2, -0.15) is 5.26 Å². The minimum Gasteiger partial charge on any atom is -0.504 e. The molecule has 0 aliphatic carbocycles. The number of carbonyl (C=O) groups excluding carboxylic acids is 1. The summed E-state index contributed by atoms with van der Waals surface area (Å²) in [4.78, 5) is 11.2. The average Bonchev–Trinajstić information content (AvgIpc) is 2.31. The highest BCUT2D eigenvalue weighted by Crippen LogP contribution is 2.35. The Balaban J connectivity index is 3.08. The molecule has 0 heterocycles. The molecule has 1 N–H and O–H groups in total. The van der Waals surface area contributed by atoms with E-state index in [0.717, 1.165) is 12.1 Å². The van der Waals surface area contributed by atoms with Gasteiger partial charge in [0.15, 0.2) is 11.5 Å². The molecule has 108 valence electrons. The van der Waals surface area contributed by atoms with Gasteiger partial charge in [-0.15, -0.1) is 13.2 Å². The molecule has 0 atom stereocenters. The molecule has 0 bridgehead atoms. The molecule has 0 saturated heterocycles. The van der Waals surface area contributed by atoms with Crippen molar-refractivity contribution in [1.82, 2.24) is 0 Å². The van der Waals surface area contributed by atoms with Gasteiger partial charge in [0, 0.05) is 0 Å². The molecule has 0 saturated carbocycles. The summed E-state index contributed by atoms with van der Waals surface area (Å²) in [5.74, 6) is -2.49. The summed E-state index contributed by atoms with van der Waals surface area (Å²) in [5, 5.41) is 18.3. The van der Waals surface area contributed by atoms with Crippen LogP contribution in [-0.2, 0) is 16.0 Å². The third-order valence-electron chi connectivity index (χ3n) is 2.12. The van der Waals surface area contributed by atoms with E-state index >= 15 is 0 Å². The van der Waals surface area contributed by atoms with Crippen molar-refractivity contribution in [2.45, 2.75) is 19.7 Å². The second-order valence-corrected chi connectivity index (χ2v) is 3.63. The zero-order valence-corrected chi connectivity index (χ0v) is 10.3. The molecule has 1 aromatic rings. The predicted octanol–water partition coefficient (Wildman–Crippen LogP) is 2.27. The van der Waals surface area contributed by atoms with Crippen molar-refractivity contribution in [1.29, 1.82) is 5.26 Å². The molecule has 0 aliphatic heterocycles. The van der Waals surface area contributed by atoms with Crippen molar-refractivity contribution in [3.63, 3.8) is 0 Å². The number of phenols is 1. The van der Waals surface area contributed by atoms with Crippen LogP contribution < -0.4 is 4.74 Å². The van der Waals surface area contributed by atoms with Gasteiger partial charge in [-0.05, 0) is 24.6 Å². The van der Waals surface area contributed by atoms with E-state index in [1.807, 2.05) is 0 Å². The molecule has 0 unspecified atom stereocenters. The first kappa shape index (κ1) is 15.6. The largest absolute Gasteiger partial charge is 0.573 e. The van der Waals surface area contributed by atoms with Crippen molar-refractivity contribution < 1.29 is 32.5 Å². The summed E-state index contributed by atoms with van der Waals surface area (Å²) >= 11 is 0. The second-order valence-electron chi connectivity index (χ2n) is 3.63. The summed E-state index contributed by atoms with van der Waals surface area (Å²) in [7, 11) is 0. The maximum Gasteiger partial charge on any atom is 0.573 e. The number of hydrogen-bond acceptors (Lipinski definition) is 5. The van der Waals surface area contributed by atoms with E-state index in [-0.39, 0.29) is 18.6 Å². The van der Waals surface area contributed by atoms with Gasteiger partial charge in [0.25, 0.3) is 0 Å². The smallest absolute Gasteiger partial charge is 0.504 e. The zero-order valence-electron chi connectivity index (χ0n) is 10.3. The Morgan fingerprint density at radius 2 is 2.10 bits per heavy atom. The van der Waals surface area contributed by atoms with E-state index in [9.17, 15) is 23.1 Å². The van der Waals surface area contributed by atoms with Gasteiger partial charge in [-0.1, -0.05) is 0 Å². The standard InChI is InChI=1S/C12H10F3NO4/c1-2-19-10(18)5-7-3-8(6-16)11(9(17)4-7)20-12(13,14)15/h3-4,17H,2,5H2,1H3. The molecule has 1 aromatic carbocycles. The number of halogens is 3. The van der Waals surface area contributed by atoms with Crippen LogP contribution >= 0.6 is 0 Å². The Labute approximate surface area is 112 Å². The number of carbonyl (C=O) groups is 1. The summed E-state index contributed by atoms with van der Waals surface area (Å²) in [6.07, 6.45) is -5.31. The lowest BCUT2D eigenvalue weighted by Crippen LogP contribution is -2.18. The highest BCUT2D eigenvalue weighted by Gasteiger charge is 2.33. The number of esters is 1. The molecule has 0 aliphatic rings. The van der Waals surface area contributed by atoms with Crippen LogP contribution in [0.1, 0.15) is 18.1 Å². The van der Waals surface area contributed by atoms with E-state index in [4.69, 9.17) is 5.26 Å². The highest BCUT2D eigenvalue weighted by atomic mass is 19.4. The number of alkyl halides is 3. The number of nitrogens with zero attached hydrogens (tertiary/aromatic N) is 1.